The van der Waals surface area contributed by atoms with E-state index in [9.17, 15) is 34.2 Å². The number of nitrogens with one attached hydrogen (secondary N) is 2. The fourth-order valence-electron chi connectivity index (χ4n) is 5.28. The Morgan fingerprint density at radius 1 is 0.902 bits per heavy atom. The van der Waals surface area contributed by atoms with E-state index in [4.69, 9.17) is 0 Å². The molecule has 41 heavy (non-hydrogen) atoms. The number of nitrogens with zero attached hydrogens (tertiary/aromatic N) is 2. The summed E-state index contributed by atoms with van der Waals surface area (Å²) in [6.45, 7) is 5.37. The van der Waals surface area contributed by atoms with Crippen LogP contribution in [0.4, 0.5) is 21.9 Å². The predicted molar refractivity (Wildman–Crippen MR) is 154 cm³/mol. The highest BCUT2D eigenvalue weighted by Crippen LogP contribution is 2.37. The van der Waals surface area contributed by atoms with Gasteiger partial charge >= 0.3 is 18.0 Å². The second-order valence-electron chi connectivity index (χ2n) is 11.6. The van der Waals surface area contributed by atoms with Crippen LogP contribution in [-0.4, -0.2) is 65.0 Å². The highest BCUT2D eigenvalue weighted by atomic mass is 16.4. The van der Waals surface area contributed by atoms with Crippen LogP contribution in [0.2, 0.25) is 0 Å². The zero-order valence-electron chi connectivity index (χ0n) is 23.5. The first kappa shape index (κ1) is 29.6. The lowest BCUT2D eigenvalue weighted by molar-refractivity contribution is -0.127. The highest BCUT2D eigenvalue weighted by molar-refractivity contribution is 6.08. The number of para-hydroxylation sites is 2. The Kier molecular flexibility index (Phi) is 8.65. The first-order valence-electron chi connectivity index (χ1n) is 13.7. The molecule has 0 bridgehead atoms. The Labute approximate surface area is 238 Å². The lowest BCUT2D eigenvalue weighted by Crippen LogP contribution is -2.55. The summed E-state index contributed by atoms with van der Waals surface area (Å²) in [5.41, 5.74) is 0.0632. The molecule has 1 aliphatic heterocycles. The van der Waals surface area contributed by atoms with Crippen LogP contribution in [0.3, 0.4) is 0 Å². The molecule has 1 atom stereocenters. The number of anilines is 3. The number of urea groups is 1. The predicted octanol–water partition coefficient (Wildman–Crippen LogP) is 4.37. The average Bonchev–Trinajstić information content (AvgIpc) is 3.03. The molecule has 3 amide bonds. The molecule has 2 aliphatic rings. The molecule has 4 rings (SSSR count). The van der Waals surface area contributed by atoms with Crippen molar-refractivity contribution in [3.8, 4) is 0 Å². The third-order valence-electron chi connectivity index (χ3n) is 7.57. The maximum Gasteiger partial charge on any atom is 0.335 e. The number of rotatable bonds is 7. The summed E-state index contributed by atoms with van der Waals surface area (Å²) < 4.78 is 0. The van der Waals surface area contributed by atoms with Gasteiger partial charge in [0.05, 0.1) is 29.0 Å². The molecule has 4 N–H and O–H groups in total. The molecule has 218 valence electrons. The third kappa shape index (κ3) is 6.85. The van der Waals surface area contributed by atoms with Crippen molar-refractivity contribution in [1.82, 2.24) is 5.32 Å². The molecule has 11 nitrogen and oxygen atoms in total. The van der Waals surface area contributed by atoms with Crippen molar-refractivity contribution in [3.63, 3.8) is 0 Å². The van der Waals surface area contributed by atoms with Crippen LogP contribution < -0.4 is 20.4 Å². The molecule has 0 radical (unpaired) electrons. The molecular weight excluding hydrogens is 528 g/mol. The number of carboxylic acid groups (broad SMARTS) is 2. The largest absolute Gasteiger partial charge is 0.478 e. The zero-order chi connectivity index (χ0) is 29.9. The number of hydrogen-bond donors (Lipinski definition) is 4. The summed E-state index contributed by atoms with van der Waals surface area (Å²) in [5.74, 6) is -3.29. The Bertz CT molecular complexity index is 1330. The van der Waals surface area contributed by atoms with Gasteiger partial charge < -0.3 is 30.6 Å². The van der Waals surface area contributed by atoms with Gasteiger partial charge in [0, 0.05) is 23.7 Å². The minimum Gasteiger partial charge on any atom is -0.478 e. The molecule has 11 heteroatoms. The Balaban J connectivity index is 1.67. The van der Waals surface area contributed by atoms with E-state index in [1.165, 1.54) is 4.90 Å². The van der Waals surface area contributed by atoms with Crippen LogP contribution in [0.1, 0.15) is 73.6 Å². The molecule has 1 fully saturated rings. The van der Waals surface area contributed by atoms with Gasteiger partial charge in [-0.3, -0.25) is 9.59 Å². The van der Waals surface area contributed by atoms with Gasteiger partial charge in [0.25, 0.3) is 5.91 Å². The average molecular weight is 565 g/mol. The number of Topliss-reactive ketones (excluding diaryl/α,β-unsaturated/α-hetero) is 1. The van der Waals surface area contributed by atoms with Crippen molar-refractivity contribution < 1.29 is 34.2 Å². The lowest BCUT2D eigenvalue weighted by Gasteiger charge is -2.37. The number of amides is 3. The smallest absolute Gasteiger partial charge is 0.335 e. The summed E-state index contributed by atoms with van der Waals surface area (Å²) in [6, 6.07) is 9.02. The van der Waals surface area contributed by atoms with Gasteiger partial charge in [-0.2, -0.15) is 0 Å². The molecule has 0 aromatic heterocycles. The standard InChI is InChI=1S/C30H36N4O7/c1-30(2,3)25(35)17-34-24-12-8-7-11-23(24)33(21-9-5-4-6-10-21)16-22(26(34)36)32-29(41)31-20-14-18(27(37)38)13-19(15-20)28(39)40/h7-8,11-15,21-22H,4-6,9-10,16-17H2,1-3H3,(H,37,38)(H,39,40)(H2,31,32,41). The second kappa shape index (κ2) is 12.0. The van der Waals surface area contributed by atoms with Crippen LogP contribution in [0.15, 0.2) is 42.5 Å². The molecule has 1 unspecified atom stereocenters. The first-order valence-corrected chi connectivity index (χ1v) is 13.7. The van der Waals surface area contributed by atoms with E-state index in [2.05, 4.69) is 15.5 Å². The van der Waals surface area contributed by atoms with E-state index < -0.39 is 35.3 Å². The van der Waals surface area contributed by atoms with Crippen LogP contribution in [0, 0.1) is 5.41 Å². The number of fused-ring (bicyclic) bond motifs is 1. The van der Waals surface area contributed by atoms with E-state index in [0.717, 1.165) is 56.0 Å². The van der Waals surface area contributed by atoms with Crippen molar-refractivity contribution in [2.75, 3.05) is 28.2 Å². The lowest BCUT2D eigenvalue weighted by atomic mass is 9.90. The SMILES string of the molecule is CC(C)(C)C(=O)CN1C(=O)C(NC(=O)Nc2cc(C(=O)O)cc(C(=O)O)c2)CN(C2CCCCC2)c2ccccc21. The molecular formula is C30H36N4O7. The monoisotopic (exact) mass is 564 g/mol. The maximum atomic E-state index is 14.0. The molecule has 1 heterocycles. The minimum atomic E-state index is -1.35. The van der Waals surface area contributed by atoms with Gasteiger partial charge in [0.2, 0.25) is 0 Å². The van der Waals surface area contributed by atoms with Gasteiger partial charge in [-0.15, -0.1) is 0 Å². The van der Waals surface area contributed by atoms with Gasteiger partial charge in [0.15, 0.2) is 5.78 Å². The number of carbonyl (C=O) groups excluding carboxylic acids is 3. The van der Waals surface area contributed by atoms with Gasteiger partial charge in [-0.25, -0.2) is 14.4 Å². The third-order valence-corrected chi connectivity index (χ3v) is 7.57. The van der Waals surface area contributed by atoms with Gasteiger partial charge in [0.1, 0.15) is 6.04 Å². The van der Waals surface area contributed by atoms with Crippen molar-refractivity contribution in [3.05, 3.63) is 53.6 Å². The fourth-order valence-corrected chi connectivity index (χ4v) is 5.28. The van der Waals surface area contributed by atoms with Crippen LogP contribution in [-0.2, 0) is 9.59 Å². The van der Waals surface area contributed by atoms with E-state index in [-0.39, 0.29) is 41.7 Å². The Hall–Kier alpha value is -4.41. The number of carboxylic acids is 2. The van der Waals surface area contributed by atoms with E-state index in [1.807, 2.05) is 24.3 Å². The van der Waals surface area contributed by atoms with Crippen molar-refractivity contribution >= 4 is 46.7 Å². The number of hydrogen-bond acceptors (Lipinski definition) is 6. The molecule has 0 saturated heterocycles. The first-order chi connectivity index (χ1) is 19.3. The minimum absolute atomic E-state index is 0.0481. The van der Waals surface area contributed by atoms with Crippen molar-refractivity contribution in [2.45, 2.75) is 65.0 Å². The highest BCUT2D eigenvalue weighted by Gasteiger charge is 2.39. The summed E-state index contributed by atoms with van der Waals surface area (Å²) in [7, 11) is 0. The van der Waals surface area contributed by atoms with Crippen LogP contribution in [0.5, 0.6) is 0 Å². The number of carbonyl (C=O) groups is 5. The fraction of sp³-hybridized carbons (Fsp3) is 0.433. The number of ketones is 1. The summed E-state index contributed by atoms with van der Waals surface area (Å²) >= 11 is 0. The normalized spacial score (nSPS) is 17.8. The molecule has 1 aliphatic carbocycles. The summed E-state index contributed by atoms with van der Waals surface area (Å²) in [4.78, 5) is 66.9. The van der Waals surface area contributed by atoms with Gasteiger partial charge in [-0.1, -0.05) is 52.2 Å². The number of benzene rings is 2. The van der Waals surface area contributed by atoms with Crippen molar-refractivity contribution in [2.24, 2.45) is 5.41 Å². The quantitative estimate of drug-likeness (QED) is 0.386. The molecule has 2 aromatic rings. The maximum absolute atomic E-state index is 14.0. The topological polar surface area (TPSA) is 156 Å². The Morgan fingerprint density at radius 3 is 2.05 bits per heavy atom. The zero-order valence-corrected chi connectivity index (χ0v) is 23.5. The van der Waals surface area contributed by atoms with Crippen molar-refractivity contribution in [1.29, 1.82) is 0 Å². The van der Waals surface area contributed by atoms with E-state index in [1.54, 1.807) is 20.8 Å². The summed E-state index contributed by atoms with van der Waals surface area (Å²) in [6.07, 6.45) is 5.10. The van der Waals surface area contributed by atoms with Crippen LogP contribution >= 0.6 is 0 Å². The second-order valence-corrected chi connectivity index (χ2v) is 11.6. The van der Waals surface area contributed by atoms with E-state index in [0.29, 0.717) is 5.69 Å². The van der Waals surface area contributed by atoms with Crippen LogP contribution in [0.25, 0.3) is 0 Å². The molecule has 0 spiro atoms. The van der Waals surface area contributed by atoms with Gasteiger partial charge in [-0.05, 0) is 43.2 Å². The van der Waals surface area contributed by atoms with E-state index >= 15 is 0 Å². The molecule has 1 saturated carbocycles. The number of aromatic carboxylic acids is 2. The molecule has 2 aromatic carbocycles. The Morgan fingerprint density at radius 2 is 1.49 bits per heavy atom. The summed E-state index contributed by atoms with van der Waals surface area (Å²) in [5, 5.41) is 23.9.